The summed E-state index contributed by atoms with van der Waals surface area (Å²) >= 11 is 6.08. The topological polar surface area (TPSA) is 120 Å². The monoisotopic (exact) mass is 735 g/mol. The van der Waals surface area contributed by atoms with Gasteiger partial charge in [-0.05, 0) is 45.6 Å². The van der Waals surface area contributed by atoms with E-state index in [1.54, 1.807) is 26.0 Å². The summed E-state index contributed by atoms with van der Waals surface area (Å²) in [5.74, 6) is -16.0. The van der Waals surface area contributed by atoms with E-state index in [4.69, 9.17) is 25.8 Å². The molecule has 2 N–H and O–H groups in total. The molecule has 1 aromatic rings. The Balaban J connectivity index is 1.60. The Bertz CT molecular complexity index is 1480. The van der Waals surface area contributed by atoms with Crippen LogP contribution >= 0.6 is 11.6 Å². The summed E-state index contributed by atoms with van der Waals surface area (Å²) in [5, 5.41) is 14.1. The molecule has 9 nitrogen and oxygen atoms in total. The van der Waals surface area contributed by atoms with Crippen molar-refractivity contribution in [1.82, 2.24) is 5.32 Å². The smallest absolute Gasteiger partial charge is 0.314 e. The van der Waals surface area contributed by atoms with E-state index in [1.165, 1.54) is 19.1 Å². The van der Waals surface area contributed by atoms with Gasteiger partial charge in [0.1, 0.15) is 6.10 Å². The standard InChI is InChI=1S/C35H43ClF5NO8/c1-17(7-10-25-18(2)13-24(21(5)48-25)42-27(44)12-9-19(3)47-22(6)43)8-11-26-20(4)35(46,16-36)15-23(49-26)14-28(45)50-34-32(40)30(38)29(37)31(39)33(34)41/h7-9,11-12,18-21,23-26,46H,10,13-16H2,1-6H3,(H,42,44)/b11-8+,12-9-,17-7+/t18-,19-,20?,21+,23+,24+,25-,26+,35+/m0/s1. The molecule has 0 spiro atoms. The van der Waals surface area contributed by atoms with Crippen LogP contribution in [0.2, 0.25) is 0 Å². The molecule has 278 valence electrons. The number of carbonyl (C=O) groups excluding carboxylic acids is 3. The molecular formula is C35H43ClF5NO8. The van der Waals surface area contributed by atoms with Crippen molar-refractivity contribution in [2.24, 2.45) is 11.8 Å². The molecular weight excluding hydrogens is 693 g/mol. The van der Waals surface area contributed by atoms with Crippen LogP contribution < -0.4 is 10.1 Å². The SMILES string of the molecule is CC(=O)O[C@@H](C)/C=C\C(=O)N[C@@H]1C[C@H](C)[C@H](C/C=C(C)/C=C/[C@H]2O[C@H](CC(=O)Oc3c(F)c(F)c(F)c(F)c3F)C[C@@](O)(CCl)C2C)O[C@@H]1C. The lowest BCUT2D eigenvalue weighted by Crippen LogP contribution is -2.53. The Morgan fingerprint density at radius 2 is 1.64 bits per heavy atom. The minimum Gasteiger partial charge on any atom is -0.459 e. The maximum absolute atomic E-state index is 14.0. The lowest BCUT2D eigenvalue weighted by Gasteiger charge is -2.44. The summed E-state index contributed by atoms with van der Waals surface area (Å²) in [6.45, 7) is 10.4. The first-order chi connectivity index (χ1) is 23.4. The van der Waals surface area contributed by atoms with Crippen molar-refractivity contribution >= 4 is 29.4 Å². The molecule has 2 aliphatic rings. The van der Waals surface area contributed by atoms with Crippen molar-refractivity contribution in [2.75, 3.05) is 5.88 Å². The molecule has 15 heteroatoms. The molecule has 0 saturated carbocycles. The largest absolute Gasteiger partial charge is 0.459 e. The number of amides is 1. The average Bonchev–Trinajstić information content (AvgIpc) is 3.05. The van der Waals surface area contributed by atoms with Gasteiger partial charge in [-0.15, -0.1) is 11.6 Å². The molecule has 9 atom stereocenters. The van der Waals surface area contributed by atoms with E-state index in [1.807, 2.05) is 26.8 Å². The van der Waals surface area contributed by atoms with Gasteiger partial charge in [-0.1, -0.05) is 37.6 Å². The fourth-order valence-electron chi connectivity index (χ4n) is 5.88. The zero-order valence-corrected chi connectivity index (χ0v) is 29.4. The highest BCUT2D eigenvalue weighted by Crippen LogP contribution is 2.38. The highest BCUT2D eigenvalue weighted by molar-refractivity contribution is 6.18. The number of nitrogens with one attached hydrogen (secondary N) is 1. The number of allylic oxidation sites excluding steroid dienone is 2. The maximum Gasteiger partial charge on any atom is 0.314 e. The molecule has 2 heterocycles. The summed E-state index contributed by atoms with van der Waals surface area (Å²) in [4.78, 5) is 36.0. The van der Waals surface area contributed by atoms with E-state index in [0.717, 1.165) is 5.57 Å². The molecule has 3 rings (SSSR count). The number of alkyl halides is 1. The highest BCUT2D eigenvalue weighted by Gasteiger charge is 2.46. The predicted molar refractivity (Wildman–Crippen MR) is 173 cm³/mol. The molecule has 1 aromatic carbocycles. The summed E-state index contributed by atoms with van der Waals surface area (Å²) in [7, 11) is 0. The number of esters is 2. The Hall–Kier alpha value is -3.33. The van der Waals surface area contributed by atoms with Crippen LogP contribution in [0.1, 0.15) is 67.2 Å². The van der Waals surface area contributed by atoms with Gasteiger partial charge in [0.25, 0.3) is 0 Å². The van der Waals surface area contributed by atoms with Gasteiger partial charge in [0.2, 0.25) is 40.7 Å². The lowest BCUT2D eigenvalue weighted by molar-refractivity contribution is -0.166. The molecule has 2 fully saturated rings. The number of rotatable bonds is 12. The van der Waals surface area contributed by atoms with Crippen molar-refractivity contribution in [3.05, 3.63) is 65.0 Å². The summed E-state index contributed by atoms with van der Waals surface area (Å²) in [6, 6.07) is -0.223. The third kappa shape index (κ3) is 10.6. The van der Waals surface area contributed by atoms with E-state index in [-0.39, 0.29) is 42.4 Å². The van der Waals surface area contributed by atoms with Crippen LogP contribution in [0.3, 0.4) is 0 Å². The zero-order chi connectivity index (χ0) is 37.5. The van der Waals surface area contributed by atoms with Crippen molar-refractivity contribution in [3.8, 4) is 5.75 Å². The molecule has 0 aromatic heterocycles. The number of ether oxygens (including phenoxy) is 4. The Morgan fingerprint density at radius 3 is 2.24 bits per heavy atom. The van der Waals surface area contributed by atoms with Gasteiger partial charge in [0.05, 0.1) is 48.4 Å². The van der Waals surface area contributed by atoms with Crippen molar-refractivity contribution in [3.63, 3.8) is 0 Å². The maximum atomic E-state index is 14.0. The number of hydrogen-bond acceptors (Lipinski definition) is 8. The zero-order valence-electron chi connectivity index (χ0n) is 28.6. The second kappa shape index (κ2) is 17.7. The molecule has 1 unspecified atom stereocenters. The third-order valence-electron chi connectivity index (χ3n) is 8.92. The lowest BCUT2D eigenvalue weighted by atomic mass is 9.78. The van der Waals surface area contributed by atoms with Gasteiger partial charge in [-0.25, -0.2) is 13.2 Å². The van der Waals surface area contributed by atoms with E-state index >= 15 is 0 Å². The van der Waals surface area contributed by atoms with Crippen LogP contribution in [0, 0.1) is 40.9 Å². The first-order valence-electron chi connectivity index (χ1n) is 16.2. The van der Waals surface area contributed by atoms with Gasteiger partial charge in [-0.2, -0.15) is 8.78 Å². The van der Waals surface area contributed by atoms with Crippen molar-refractivity contribution in [1.29, 1.82) is 0 Å². The van der Waals surface area contributed by atoms with Gasteiger partial charge < -0.3 is 29.4 Å². The van der Waals surface area contributed by atoms with E-state index in [9.17, 15) is 41.4 Å². The average molecular weight is 736 g/mol. The van der Waals surface area contributed by atoms with Crippen LogP contribution in [0.25, 0.3) is 0 Å². The molecule has 0 radical (unpaired) electrons. The second-order valence-corrected chi connectivity index (χ2v) is 13.2. The van der Waals surface area contributed by atoms with Crippen molar-refractivity contribution < 1.29 is 60.4 Å². The third-order valence-corrected chi connectivity index (χ3v) is 9.38. The summed E-state index contributed by atoms with van der Waals surface area (Å²) in [5.41, 5.74) is -0.694. The number of carbonyl (C=O) groups is 3. The van der Waals surface area contributed by atoms with Gasteiger partial charge >= 0.3 is 11.9 Å². The molecule has 2 saturated heterocycles. The normalized spacial score (nSPS) is 29.6. The summed E-state index contributed by atoms with van der Waals surface area (Å²) < 4.78 is 90.2. The molecule has 0 bridgehead atoms. The van der Waals surface area contributed by atoms with Crippen LogP contribution in [0.15, 0.2) is 36.0 Å². The number of benzene rings is 1. The minimum absolute atomic E-state index is 0.0965. The molecule has 0 aliphatic carbocycles. The van der Waals surface area contributed by atoms with Crippen LogP contribution in [0.5, 0.6) is 5.75 Å². The van der Waals surface area contributed by atoms with Crippen molar-refractivity contribution in [2.45, 2.75) is 109 Å². The van der Waals surface area contributed by atoms with Crippen LogP contribution in [-0.2, 0) is 28.6 Å². The highest BCUT2D eigenvalue weighted by atomic mass is 35.5. The van der Waals surface area contributed by atoms with Gasteiger partial charge in [0, 0.05) is 25.3 Å². The minimum atomic E-state index is -2.39. The van der Waals surface area contributed by atoms with Gasteiger partial charge in [0.15, 0.2) is 0 Å². The van der Waals surface area contributed by atoms with E-state index < -0.39 is 83.0 Å². The van der Waals surface area contributed by atoms with Crippen LogP contribution in [0.4, 0.5) is 22.0 Å². The predicted octanol–water partition coefficient (Wildman–Crippen LogP) is 6.14. The molecule has 50 heavy (non-hydrogen) atoms. The fraction of sp³-hybridized carbons (Fsp3) is 0.571. The van der Waals surface area contributed by atoms with E-state index in [0.29, 0.717) is 12.8 Å². The summed E-state index contributed by atoms with van der Waals surface area (Å²) in [6.07, 6.45) is 5.81. The number of hydrogen-bond donors (Lipinski definition) is 2. The Labute approximate surface area is 292 Å². The molecule has 1 amide bonds. The van der Waals surface area contributed by atoms with E-state index in [2.05, 4.69) is 10.1 Å². The Morgan fingerprint density at radius 1 is 1.02 bits per heavy atom. The fourth-order valence-corrected chi connectivity index (χ4v) is 6.24. The van der Waals surface area contributed by atoms with Crippen LogP contribution in [-0.4, -0.2) is 71.0 Å². The van der Waals surface area contributed by atoms with Gasteiger partial charge in [-0.3, -0.25) is 14.4 Å². The Kier molecular flexibility index (Phi) is 14.6. The second-order valence-electron chi connectivity index (χ2n) is 13.0. The number of aliphatic hydroxyl groups is 1. The first-order valence-corrected chi connectivity index (χ1v) is 16.7. The quantitative estimate of drug-likeness (QED) is 0.0384. The first kappa shape index (κ1) is 41.1. The molecule has 2 aliphatic heterocycles. The number of halogens is 6.